The van der Waals surface area contributed by atoms with Crippen LogP contribution in [0.15, 0.2) is 10.7 Å². The lowest BCUT2D eigenvalue weighted by Crippen LogP contribution is -2.07. The maximum atomic E-state index is 9.02. The average Bonchev–Trinajstić information content (AvgIpc) is 2.43. The van der Waals surface area contributed by atoms with Crippen LogP contribution in [-0.2, 0) is 12.8 Å². The van der Waals surface area contributed by atoms with E-state index in [2.05, 4.69) is 5.16 Å². The predicted octanol–water partition coefficient (Wildman–Crippen LogP) is 1.16. The highest BCUT2D eigenvalue weighted by Gasteiger charge is 2.18. The molecule has 66 valence electrons. The summed E-state index contributed by atoms with van der Waals surface area (Å²) in [5, 5.41) is 12.8. The molecule has 0 amide bonds. The average molecular weight is 167 g/mol. The fourth-order valence-corrected chi connectivity index (χ4v) is 1.76. The first-order valence-electron chi connectivity index (χ1n) is 4.43. The van der Waals surface area contributed by atoms with Gasteiger partial charge in [0.05, 0.1) is 6.20 Å². The number of aliphatic hydroxyl groups is 1. The highest BCUT2D eigenvalue weighted by Crippen LogP contribution is 2.23. The van der Waals surface area contributed by atoms with Gasteiger partial charge in [-0.25, -0.2) is 0 Å². The van der Waals surface area contributed by atoms with Crippen LogP contribution >= 0.6 is 0 Å². The minimum absolute atomic E-state index is 0.264. The summed E-state index contributed by atoms with van der Waals surface area (Å²) >= 11 is 0. The first-order chi connectivity index (χ1) is 5.90. The molecule has 1 aliphatic carbocycles. The Morgan fingerprint density at radius 2 is 2.58 bits per heavy atom. The molecule has 1 heterocycles. The lowest BCUT2D eigenvalue weighted by Gasteiger charge is -2.07. The van der Waals surface area contributed by atoms with E-state index in [1.54, 1.807) is 6.20 Å². The molecule has 0 aliphatic heterocycles. The second-order valence-corrected chi connectivity index (χ2v) is 3.42. The van der Waals surface area contributed by atoms with Crippen LogP contribution in [0, 0.1) is 5.92 Å². The Hall–Kier alpha value is -0.830. The molecule has 1 aliphatic rings. The molecule has 0 radical (unpaired) electrons. The summed E-state index contributed by atoms with van der Waals surface area (Å²) in [6.45, 7) is 0.264. The van der Waals surface area contributed by atoms with E-state index in [1.807, 2.05) is 0 Å². The Bertz CT molecular complexity index is 257. The molecule has 1 N–H and O–H groups in total. The van der Waals surface area contributed by atoms with Crippen molar-refractivity contribution in [3.8, 4) is 0 Å². The molecule has 3 nitrogen and oxygen atoms in total. The predicted molar refractivity (Wildman–Crippen MR) is 43.7 cm³/mol. The molecule has 0 saturated heterocycles. The van der Waals surface area contributed by atoms with Gasteiger partial charge in [-0.3, -0.25) is 0 Å². The molecule has 0 saturated carbocycles. The van der Waals surface area contributed by atoms with E-state index in [4.69, 9.17) is 9.63 Å². The van der Waals surface area contributed by atoms with Gasteiger partial charge in [0.15, 0.2) is 0 Å². The largest absolute Gasteiger partial charge is 0.396 e. The number of hydrogen-bond acceptors (Lipinski definition) is 3. The fourth-order valence-electron chi connectivity index (χ4n) is 1.76. The Labute approximate surface area is 71.4 Å². The lowest BCUT2D eigenvalue weighted by atomic mass is 10.0. The third-order valence-electron chi connectivity index (χ3n) is 2.52. The van der Waals surface area contributed by atoms with Crippen molar-refractivity contribution < 1.29 is 9.63 Å². The summed E-state index contributed by atoms with van der Waals surface area (Å²) in [5.74, 6) is 1.35. The third kappa shape index (κ3) is 1.37. The number of fused-ring (bicyclic) bond motifs is 1. The van der Waals surface area contributed by atoms with Gasteiger partial charge >= 0.3 is 0 Å². The number of nitrogens with zero attached hydrogens (tertiary/aromatic N) is 1. The Balaban J connectivity index is 2.18. The second-order valence-electron chi connectivity index (χ2n) is 3.42. The van der Waals surface area contributed by atoms with Gasteiger partial charge in [-0.15, -0.1) is 0 Å². The monoisotopic (exact) mass is 167 g/mol. The van der Waals surface area contributed by atoms with E-state index in [0.717, 1.165) is 31.4 Å². The van der Waals surface area contributed by atoms with Gasteiger partial charge in [-0.1, -0.05) is 5.16 Å². The second kappa shape index (κ2) is 3.27. The number of aliphatic hydroxyl groups excluding tert-OH is 1. The van der Waals surface area contributed by atoms with Crippen LogP contribution in [0.25, 0.3) is 0 Å². The van der Waals surface area contributed by atoms with E-state index in [9.17, 15) is 0 Å². The molecule has 0 aromatic carbocycles. The van der Waals surface area contributed by atoms with Crippen LogP contribution in [-0.4, -0.2) is 16.9 Å². The summed E-state index contributed by atoms with van der Waals surface area (Å²) in [6, 6.07) is 0. The molecule has 0 unspecified atom stereocenters. The molecule has 3 heteroatoms. The molecule has 2 rings (SSSR count). The lowest BCUT2D eigenvalue weighted by molar-refractivity contribution is 0.209. The van der Waals surface area contributed by atoms with Gasteiger partial charge in [0, 0.05) is 18.6 Å². The van der Waals surface area contributed by atoms with Crippen molar-refractivity contribution >= 4 is 0 Å². The van der Waals surface area contributed by atoms with Crippen molar-refractivity contribution in [3.05, 3.63) is 17.5 Å². The number of rotatable bonds is 1. The number of aryl methyl sites for hydroxylation is 1. The van der Waals surface area contributed by atoms with E-state index in [0.29, 0.717) is 5.92 Å². The normalized spacial score (nSPS) is 23.2. The molecule has 12 heavy (non-hydrogen) atoms. The SMILES string of the molecule is OC[C@@H]1CCCc2cnoc2C1. The van der Waals surface area contributed by atoms with E-state index >= 15 is 0 Å². The molecule has 1 atom stereocenters. The number of hydrogen-bond donors (Lipinski definition) is 1. The Kier molecular flexibility index (Phi) is 2.13. The van der Waals surface area contributed by atoms with Crippen LogP contribution in [0.5, 0.6) is 0 Å². The first-order valence-corrected chi connectivity index (χ1v) is 4.43. The summed E-state index contributed by atoms with van der Waals surface area (Å²) in [6.07, 6.45) is 5.94. The van der Waals surface area contributed by atoms with Gasteiger partial charge in [-0.05, 0) is 25.2 Å². The van der Waals surface area contributed by atoms with Gasteiger partial charge in [0.2, 0.25) is 0 Å². The minimum atomic E-state index is 0.264. The van der Waals surface area contributed by atoms with E-state index < -0.39 is 0 Å². The van der Waals surface area contributed by atoms with Gasteiger partial charge < -0.3 is 9.63 Å². The topological polar surface area (TPSA) is 46.3 Å². The maximum absolute atomic E-state index is 9.02. The molecule has 0 spiro atoms. The third-order valence-corrected chi connectivity index (χ3v) is 2.52. The maximum Gasteiger partial charge on any atom is 0.140 e. The standard InChI is InChI=1S/C9H13NO2/c11-6-7-2-1-3-8-5-10-12-9(8)4-7/h5,7,11H,1-4,6H2/t7-/m1/s1. The quantitative estimate of drug-likeness (QED) is 0.638. The number of aromatic nitrogens is 1. The van der Waals surface area contributed by atoms with Gasteiger partial charge in [-0.2, -0.15) is 0 Å². The van der Waals surface area contributed by atoms with Crippen LogP contribution in [0.1, 0.15) is 24.2 Å². The first kappa shape index (κ1) is 7.80. The van der Waals surface area contributed by atoms with Crippen molar-refractivity contribution in [1.82, 2.24) is 5.16 Å². The molecule has 0 fully saturated rings. The van der Waals surface area contributed by atoms with Gasteiger partial charge in [0.1, 0.15) is 5.76 Å². The van der Waals surface area contributed by atoms with Crippen molar-refractivity contribution in [1.29, 1.82) is 0 Å². The Morgan fingerprint density at radius 3 is 3.42 bits per heavy atom. The Morgan fingerprint density at radius 1 is 1.67 bits per heavy atom. The van der Waals surface area contributed by atoms with Crippen molar-refractivity contribution in [2.75, 3.05) is 6.61 Å². The highest BCUT2D eigenvalue weighted by molar-refractivity contribution is 5.15. The summed E-state index contributed by atoms with van der Waals surface area (Å²) in [7, 11) is 0. The summed E-state index contributed by atoms with van der Waals surface area (Å²) < 4.78 is 5.11. The molecular weight excluding hydrogens is 154 g/mol. The minimum Gasteiger partial charge on any atom is -0.396 e. The van der Waals surface area contributed by atoms with Crippen LogP contribution in [0.4, 0.5) is 0 Å². The fraction of sp³-hybridized carbons (Fsp3) is 0.667. The zero-order valence-corrected chi connectivity index (χ0v) is 6.99. The highest BCUT2D eigenvalue weighted by atomic mass is 16.5. The molecule has 0 bridgehead atoms. The van der Waals surface area contributed by atoms with E-state index in [-0.39, 0.29) is 6.61 Å². The van der Waals surface area contributed by atoms with Crippen LogP contribution < -0.4 is 0 Å². The molecular formula is C9H13NO2. The van der Waals surface area contributed by atoms with Gasteiger partial charge in [0.25, 0.3) is 0 Å². The summed E-state index contributed by atoms with van der Waals surface area (Å²) in [4.78, 5) is 0. The van der Waals surface area contributed by atoms with Crippen molar-refractivity contribution in [2.24, 2.45) is 5.92 Å². The summed E-state index contributed by atoms with van der Waals surface area (Å²) in [5.41, 5.74) is 1.23. The van der Waals surface area contributed by atoms with Crippen LogP contribution in [0.3, 0.4) is 0 Å². The van der Waals surface area contributed by atoms with Crippen molar-refractivity contribution in [3.63, 3.8) is 0 Å². The molecule has 1 aromatic rings. The smallest absolute Gasteiger partial charge is 0.140 e. The van der Waals surface area contributed by atoms with Crippen LogP contribution in [0.2, 0.25) is 0 Å². The van der Waals surface area contributed by atoms with E-state index in [1.165, 1.54) is 5.56 Å². The zero-order chi connectivity index (χ0) is 8.39. The molecule has 1 aromatic heterocycles. The van der Waals surface area contributed by atoms with Crippen molar-refractivity contribution in [2.45, 2.75) is 25.7 Å². The zero-order valence-electron chi connectivity index (χ0n) is 6.99.